The minimum Gasteiger partial charge on any atom is -0.505 e. The van der Waals surface area contributed by atoms with E-state index in [2.05, 4.69) is 107 Å². The maximum absolute atomic E-state index is 10.9. The van der Waals surface area contributed by atoms with Gasteiger partial charge in [0.15, 0.2) is 17.2 Å². The number of hydrogen-bond acceptors (Lipinski definition) is 8. The molecule has 1 heterocycles. The van der Waals surface area contributed by atoms with Crippen molar-refractivity contribution in [1.29, 1.82) is 0 Å². The van der Waals surface area contributed by atoms with Gasteiger partial charge in [-0.15, -0.1) is 0 Å². The van der Waals surface area contributed by atoms with Gasteiger partial charge in [0.1, 0.15) is 0 Å². The van der Waals surface area contributed by atoms with E-state index in [0.29, 0.717) is 11.0 Å². The predicted octanol–water partition coefficient (Wildman–Crippen LogP) is 16.4. The van der Waals surface area contributed by atoms with E-state index in [-0.39, 0.29) is 0 Å². The van der Waals surface area contributed by atoms with Crippen molar-refractivity contribution in [3.05, 3.63) is 266 Å². The lowest BCUT2D eigenvalue weighted by molar-refractivity contribution is 0.189. The van der Waals surface area contributed by atoms with Gasteiger partial charge < -0.3 is 41.1 Å². The molecule has 0 aliphatic carbocycles. The van der Waals surface area contributed by atoms with Crippen LogP contribution in [0.5, 0.6) is 0 Å². The molecule has 0 saturated carbocycles. The molecule has 9 aromatic carbocycles. The number of nitrogens with zero attached hydrogens (tertiary/aromatic N) is 2. The summed E-state index contributed by atoms with van der Waals surface area (Å²) in [5, 5.41) is 60.3. The fourth-order valence-electron chi connectivity index (χ4n) is 8.30. The highest BCUT2D eigenvalue weighted by Gasteiger charge is 2.24. The summed E-state index contributed by atoms with van der Waals surface area (Å²) in [6.07, 6.45) is 0. The van der Waals surface area contributed by atoms with Crippen molar-refractivity contribution >= 4 is 67.3 Å². The van der Waals surface area contributed by atoms with E-state index in [1.807, 2.05) is 140 Å². The Bertz CT molecular complexity index is 3410. The van der Waals surface area contributed by atoms with E-state index < -0.39 is 28.9 Å². The van der Waals surface area contributed by atoms with Gasteiger partial charge in [0.25, 0.3) is 0 Å². The molecule has 0 atom stereocenters. The molecule has 0 aliphatic rings. The summed E-state index contributed by atoms with van der Waals surface area (Å²) in [5.41, 5.74) is 11.4. The molecule has 338 valence electrons. The third kappa shape index (κ3) is 9.84. The molecule has 10 aromatic rings. The number of benzene rings is 9. The van der Waals surface area contributed by atoms with Gasteiger partial charge in [-0.2, -0.15) is 0 Å². The van der Waals surface area contributed by atoms with Crippen LogP contribution in [0.15, 0.2) is 266 Å². The zero-order valence-electron chi connectivity index (χ0n) is 37.4. The van der Waals surface area contributed by atoms with Gasteiger partial charge in [-0.1, -0.05) is 140 Å². The SMILES string of the molecule is C=C(O)/C(O)=C(/O)C(=C(O)O)n1c2ccccc2c2cc(-c3cccc(-c4ccccc4Nc4ccc(N(c5ccccc5)c5ccc(Nc6ccccc6)cc5)cc4)c3)ccc21.c1ccccc1. The monoisotopic (exact) mass is 904 g/mol. The summed E-state index contributed by atoms with van der Waals surface area (Å²) >= 11 is 0. The number of nitrogens with one attached hydrogen (secondary N) is 2. The van der Waals surface area contributed by atoms with Gasteiger partial charge in [-0.25, -0.2) is 0 Å². The van der Waals surface area contributed by atoms with E-state index in [1.165, 1.54) is 4.57 Å². The summed E-state index contributed by atoms with van der Waals surface area (Å²) in [4.78, 5) is 2.23. The molecule has 0 unspecified atom stereocenters. The summed E-state index contributed by atoms with van der Waals surface area (Å²) in [6, 6.07) is 78.7. The van der Waals surface area contributed by atoms with Crippen molar-refractivity contribution in [1.82, 2.24) is 4.57 Å². The van der Waals surface area contributed by atoms with Crippen molar-refractivity contribution in [2.75, 3.05) is 15.5 Å². The number of fused-ring (bicyclic) bond motifs is 3. The van der Waals surface area contributed by atoms with Crippen LogP contribution < -0.4 is 15.5 Å². The maximum atomic E-state index is 10.9. The molecule has 9 nitrogen and oxygen atoms in total. The Kier molecular flexibility index (Phi) is 13.1. The average Bonchev–Trinajstić information content (AvgIpc) is 3.71. The number of rotatable bonds is 12. The Balaban J connectivity index is 0.000000918. The summed E-state index contributed by atoms with van der Waals surface area (Å²) < 4.78 is 1.42. The fraction of sp³-hybridized carbons (Fsp3) is 0. The van der Waals surface area contributed by atoms with Gasteiger partial charge in [0, 0.05) is 56.1 Å². The highest BCUT2D eigenvalue weighted by Crippen LogP contribution is 2.40. The molecule has 10 rings (SSSR count). The van der Waals surface area contributed by atoms with E-state index in [9.17, 15) is 25.5 Å². The molecule has 0 spiro atoms. The van der Waals surface area contributed by atoms with Crippen LogP contribution >= 0.6 is 0 Å². The second-order valence-electron chi connectivity index (χ2n) is 16.1. The Morgan fingerprint density at radius 3 is 1.52 bits per heavy atom. The molecule has 0 bridgehead atoms. The molecule has 0 radical (unpaired) electrons. The first-order valence-corrected chi connectivity index (χ1v) is 22.2. The topological polar surface area (TPSA) is 133 Å². The molecule has 0 saturated heterocycles. The van der Waals surface area contributed by atoms with Gasteiger partial charge in [-0.05, 0) is 120 Å². The van der Waals surface area contributed by atoms with Crippen LogP contribution in [0.3, 0.4) is 0 Å². The van der Waals surface area contributed by atoms with E-state index in [4.69, 9.17) is 0 Å². The van der Waals surface area contributed by atoms with Gasteiger partial charge in [0.05, 0.1) is 11.0 Å². The molecule has 0 aliphatic heterocycles. The number of aliphatic hydroxyl groups excluding tert-OH is 4. The van der Waals surface area contributed by atoms with Gasteiger partial charge in [0.2, 0.25) is 5.76 Å². The summed E-state index contributed by atoms with van der Waals surface area (Å²) in [5.74, 6) is -4.01. The zero-order valence-corrected chi connectivity index (χ0v) is 37.4. The molecule has 69 heavy (non-hydrogen) atoms. The van der Waals surface area contributed by atoms with Crippen molar-refractivity contribution in [2.45, 2.75) is 0 Å². The Hall–Kier alpha value is -9.60. The second kappa shape index (κ2) is 20.3. The Morgan fingerprint density at radius 2 is 0.884 bits per heavy atom. The van der Waals surface area contributed by atoms with Gasteiger partial charge >= 0.3 is 5.95 Å². The van der Waals surface area contributed by atoms with E-state index in [0.717, 1.165) is 72.8 Å². The van der Waals surface area contributed by atoms with Crippen LogP contribution in [0.2, 0.25) is 0 Å². The van der Waals surface area contributed by atoms with Crippen molar-refractivity contribution in [3.8, 4) is 22.3 Å². The van der Waals surface area contributed by atoms with E-state index >= 15 is 0 Å². The standard InChI is InChI=1S/C54H42N4O5.C6H6/c1-35(59)52(60)53(61)51(54(62)63)58-49-22-11-9-20-46(49)47-34-37(23-32-50(47)58)36-13-12-14-38(33-36)45-19-8-10-21-48(45)56-41-26-30-44(31-27-41)57(42-17-6-3-7-18-42)43-28-24-40(25-29-43)55-39-15-4-2-5-16-39;1-2-4-6-5-3-1/h2-34,55-56,59-63H,1H2;1-6H/b53-52-;. The molecular weight excluding hydrogens is 857 g/mol. The normalized spacial score (nSPS) is 11.2. The van der Waals surface area contributed by atoms with Crippen LogP contribution in [0.4, 0.5) is 39.8 Å². The largest absolute Gasteiger partial charge is 0.505 e. The lowest BCUT2D eigenvalue weighted by Crippen LogP contribution is -2.09. The highest BCUT2D eigenvalue weighted by molar-refractivity contribution is 6.12. The van der Waals surface area contributed by atoms with Crippen LogP contribution in [0.25, 0.3) is 49.8 Å². The quantitative estimate of drug-likeness (QED) is 0.0476. The average molecular weight is 905 g/mol. The van der Waals surface area contributed by atoms with Crippen molar-refractivity contribution < 1.29 is 25.5 Å². The van der Waals surface area contributed by atoms with Crippen LogP contribution in [-0.4, -0.2) is 30.1 Å². The Morgan fingerprint density at radius 1 is 0.391 bits per heavy atom. The smallest absolute Gasteiger partial charge is 0.303 e. The van der Waals surface area contributed by atoms with Crippen molar-refractivity contribution in [2.24, 2.45) is 0 Å². The molecule has 1 aromatic heterocycles. The Labute approximate surface area is 400 Å². The summed E-state index contributed by atoms with van der Waals surface area (Å²) in [7, 11) is 0. The first kappa shape index (κ1) is 44.6. The minimum atomic E-state index is -1.25. The number of para-hydroxylation sites is 4. The van der Waals surface area contributed by atoms with E-state index in [1.54, 1.807) is 12.1 Å². The second-order valence-corrected chi connectivity index (χ2v) is 16.1. The fourth-order valence-corrected chi connectivity index (χ4v) is 8.30. The molecule has 7 N–H and O–H groups in total. The molecular formula is C60H48N4O5. The van der Waals surface area contributed by atoms with Gasteiger partial charge in [-0.3, -0.25) is 4.57 Å². The summed E-state index contributed by atoms with van der Waals surface area (Å²) in [6.45, 7) is 3.25. The maximum Gasteiger partial charge on any atom is 0.303 e. The number of hydrogen-bond donors (Lipinski definition) is 7. The third-order valence-electron chi connectivity index (χ3n) is 11.5. The van der Waals surface area contributed by atoms with Crippen LogP contribution in [-0.2, 0) is 0 Å². The number of aliphatic hydroxyl groups is 5. The number of allylic oxidation sites excluding steroid dienone is 1. The lowest BCUT2D eigenvalue weighted by atomic mass is 9.97. The molecule has 0 amide bonds. The zero-order chi connectivity index (χ0) is 47.7. The molecule has 9 heteroatoms. The van der Waals surface area contributed by atoms with Crippen molar-refractivity contribution in [3.63, 3.8) is 0 Å². The van der Waals surface area contributed by atoms with Crippen LogP contribution in [0.1, 0.15) is 0 Å². The highest BCUT2D eigenvalue weighted by atomic mass is 16.5. The lowest BCUT2D eigenvalue weighted by Gasteiger charge is -2.26. The number of anilines is 7. The third-order valence-corrected chi connectivity index (χ3v) is 11.5. The first-order chi connectivity index (χ1) is 33.7. The molecule has 0 fully saturated rings. The first-order valence-electron chi connectivity index (χ1n) is 22.2. The number of aromatic nitrogens is 1. The predicted molar refractivity (Wildman–Crippen MR) is 283 cm³/mol. The minimum absolute atomic E-state index is 0.516. The van der Waals surface area contributed by atoms with Crippen LogP contribution in [0, 0.1) is 0 Å².